The number of imidazole rings is 1. The minimum absolute atomic E-state index is 0.138. The molecule has 4 rings (SSSR count). The minimum Gasteiger partial charge on any atom is -0.347 e. The van der Waals surface area contributed by atoms with Gasteiger partial charge >= 0.3 is 0 Å². The van der Waals surface area contributed by atoms with Gasteiger partial charge in [-0.05, 0) is 44.4 Å². The molecule has 1 aliphatic heterocycles. The molecule has 144 valence electrons. The molecule has 0 atom stereocenters. The first-order valence-corrected chi connectivity index (χ1v) is 9.59. The van der Waals surface area contributed by atoms with Gasteiger partial charge in [-0.25, -0.2) is 15.0 Å². The largest absolute Gasteiger partial charge is 0.347 e. The molecule has 1 fully saturated rings. The van der Waals surface area contributed by atoms with E-state index in [9.17, 15) is 4.79 Å². The maximum Gasteiger partial charge on any atom is 0.251 e. The number of anilines is 1. The Hall–Kier alpha value is -3.22. The van der Waals surface area contributed by atoms with Crippen LogP contribution in [-0.4, -0.2) is 38.9 Å². The number of rotatable bonds is 5. The lowest BCUT2D eigenvalue weighted by atomic mass is 10.0. The van der Waals surface area contributed by atoms with Crippen molar-refractivity contribution in [2.24, 2.45) is 0 Å². The fourth-order valence-corrected chi connectivity index (χ4v) is 3.42. The summed E-state index contributed by atoms with van der Waals surface area (Å²) in [4.78, 5) is 31.4. The van der Waals surface area contributed by atoms with Crippen molar-refractivity contribution < 1.29 is 4.79 Å². The molecule has 3 aromatic rings. The number of nitrogens with zero attached hydrogens (tertiary/aromatic N) is 4. The lowest BCUT2D eigenvalue weighted by Gasteiger charge is -2.18. The van der Waals surface area contributed by atoms with Crippen molar-refractivity contribution in [1.29, 1.82) is 0 Å². The predicted molar refractivity (Wildman–Crippen MR) is 108 cm³/mol. The average Bonchev–Trinajstić information content (AvgIpc) is 3.42. The van der Waals surface area contributed by atoms with E-state index in [-0.39, 0.29) is 5.91 Å². The third kappa shape index (κ3) is 3.74. The lowest BCUT2D eigenvalue weighted by molar-refractivity contribution is 0.0950. The molecule has 0 unspecified atom stereocenters. The Bertz CT molecular complexity index is 977. The first-order chi connectivity index (χ1) is 13.6. The van der Waals surface area contributed by atoms with E-state index in [2.05, 4.69) is 25.2 Å². The van der Waals surface area contributed by atoms with Gasteiger partial charge in [0.05, 0.1) is 12.2 Å². The summed E-state index contributed by atoms with van der Waals surface area (Å²) >= 11 is 0. The second kappa shape index (κ2) is 7.80. The number of aromatic amines is 1. The molecule has 1 aliphatic rings. The lowest BCUT2D eigenvalue weighted by Crippen LogP contribution is -2.23. The van der Waals surface area contributed by atoms with Crippen molar-refractivity contribution in [3.8, 4) is 11.3 Å². The number of amides is 1. The highest BCUT2D eigenvalue weighted by molar-refractivity contribution is 5.95. The van der Waals surface area contributed by atoms with Gasteiger partial charge in [-0.15, -0.1) is 0 Å². The molecule has 1 saturated heterocycles. The SMILES string of the molecule is Cc1nc(N2CCCC2)nc(-c2cccc(C(=O)NCc3ncc[nH]3)c2)c1C. The zero-order valence-electron chi connectivity index (χ0n) is 16.2. The molecule has 7 nitrogen and oxygen atoms in total. The highest BCUT2D eigenvalue weighted by atomic mass is 16.1. The molecule has 0 saturated carbocycles. The van der Waals surface area contributed by atoms with Gasteiger partial charge in [0.15, 0.2) is 0 Å². The van der Waals surface area contributed by atoms with Crippen LogP contribution in [-0.2, 0) is 6.54 Å². The standard InChI is InChI=1S/C21H24N6O/c1-14-15(2)25-21(27-10-3-4-11-27)26-19(14)16-6-5-7-17(12-16)20(28)24-13-18-22-8-9-23-18/h5-9,12H,3-4,10-11,13H2,1-2H3,(H,22,23)(H,24,28). The second-order valence-electron chi connectivity index (χ2n) is 7.08. The van der Waals surface area contributed by atoms with Crippen LogP contribution < -0.4 is 10.2 Å². The number of aromatic nitrogens is 4. The molecule has 1 amide bonds. The zero-order chi connectivity index (χ0) is 19.5. The Morgan fingerprint density at radius 3 is 2.79 bits per heavy atom. The number of hydrogen-bond acceptors (Lipinski definition) is 5. The molecule has 1 aromatic carbocycles. The number of benzene rings is 1. The maximum atomic E-state index is 12.6. The normalized spacial score (nSPS) is 13.7. The molecule has 2 aromatic heterocycles. The van der Waals surface area contributed by atoms with Crippen molar-refractivity contribution in [3.63, 3.8) is 0 Å². The van der Waals surface area contributed by atoms with Gasteiger partial charge < -0.3 is 15.2 Å². The maximum absolute atomic E-state index is 12.6. The number of nitrogens with one attached hydrogen (secondary N) is 2. The Morgan fingerprint density at radius 2 is 2.04 bits per heavy atom. The molecule has 0 aliphatic carbocycles. The molecule has 0 bridgehead atoms. The summed E-state index contributed by atoms with van der Waals surface area (Å²) in [5.74, 6) is 1.37. The zero-order valence-corrected chi connectivity index (χ0v) is 16.2. The van der Waals surface area contributed by atoms with Crippen LogP contribution in [0.25, 0.3) is 11.3 Å². The summed E-state index contributed by atoms with van der Waals surface area (Å²) in [6.45, 7) is 6.40. The number of hydrogen-bond donors (Lipinski definition) is 2. The van der Waals surface area contributed by atoms with Gasteiger partial charge in [-0.3, -0.25) is 4.79 Å². The Labute approximate surface area is 164 Å². The molecule has 28 heavy (non-hydrogen) atoms. The van der Waals surface area contributed by atoms with E-state index in [1.165, 1.54) is 12.8 Å². The molecule has 0 spiro atoms. The predicted octanol–water partition coefficient (Wildman–Crippen LogP) is 3.01. The van der Waals surface area contributed by atoms with E-state index in [0.29, 0.717) is 12.1 Å². The van der Waals surface area contributed by atoms with Crippen LogP contribution in [0.2, 0.25) is 0 Å². The molecule has 0 radical (unpaired) electrons. The molecular weight excluding hydrogens is 352 g/mol. The van der Waals surface area contributed by atoms with Gasteiger partial charge in [-0.1, -0.05) is 12.1 Å². The Morgan fingerprint density at radius 1 is 1.21 bits per heavy atom. The first-order valence-electron chi connectivity index (χ1n) is 9.59. The number of carbonyl (C=O) groups excluding carboxylic acids is 1. The molecular formula is C21H24N6O. The number of carbonyl (C=O) groups is 1. The molecule has 2 N–H and O–H groups in total. The van der Waals surface area contributed by atoms with E-state index < -0.39 is 0 Å². The number of H-pyrrole nitrogens is 1. The van der Waals surface area contributed by atoms with Crippen molar-refractivity contribution in [2.75, 3.05) is 18.0 Å². The van der Waals surface area contributed by atoms with Crippen molar-refractivity contribution in [1.82, 2.24) is 25.3 Å². The van der Waals surface area contributed by atoms with Crippen LogP contribution in [0.3, 0.4) is 0 Å². The average molecular weight is 376 g/mol. The van der Waals surface area contributed by atoms with E-state index in [1.807, 2.05) is 38.1 Å². The van der Waals surface area contributed by atoms with Crippen molar-refractivity contribution >= 4 is 11.9 Å². The van der Waals surface area contributed by atoms with Gasteiger partial charge in [-0.2, -0.15) is 0 Å². The van der Waals surface area contributed by atoms with Gasteiger partial charge in [0.2, 0.25) is 5.95 Å². The summed E-state index contributed by atoms with van der Waals surface area (Å²) in [5, 5.41) is 2.89. The van der Waals surface area contributed by atoms with Gasteiger partial charge in [0.25, 0.3) is 5.91 Å². The topological polar surface area (TPSA) is 86.8 Å². The third-order valence-corrected chi connectivity index (χ3v) is 5.14. The van der Waals surface area contributed by atoms with Crippen LogP contribution >= 0.6 is 0 Å². The fraction of sp³-hybridized carbons (Fsp3) is 0.333. The first kappa shape index (κ1) is 18.2. The van der Waals surface area contributed by atoms with Crippen molar-refractivity contribution in [2.45, 2.75) is 33.2 Å². The van der Waals surface area contributed by atoms with Gasteiger partial charge in [0, 0.05) is 42.3 Å². The summed E-state index contributed by atoms with van der Waals surface area (Å²) in [6.07, 6.45) is 5.76. The van der Waals surface area contributed by atoms with E-state index in [1.54, 1.807) is 12.4 Å². The van der Waals surface area contributed by atoms with E-state index in [0.717, 1.165) is 47.4 Å². The van der Waals surface area contributed by atoms with E-state index in [4.69, 9.17) is 4.98 Å². The molecule has 7 heteroatoms. The minimum atomic E-state index is -0.138. The summed E-state index contributed by atoms with van der Waals surface area (Å²) in [6, 6.07) is 7.58. The molecule has 3 heterocycles. The van der Waals surface area contributed by atoms with Crippen molar-refractivity contribution in [3.05, 3.63) is 59.3 Å². The smallest absolute Gasteiger partial charge is 0.251 e. The summed E-state index contributed by atoms with van der Waals surface area (Å²) < 4.78 is 0. The van der Waals surface area contributed by atoms with Crippen LogP contribution in [0.5, 0.6) is 0 Å². The second-order valence-corrected chi connectivity index (χ2v) is 7.08. The fourth-order valence-electron chi connectivity index (χ4n) is 3.42. The van der Waals surface area contributed by atoms with Crippen LogP contribution in [0.1, 0.15) is 40.3 Å². The number of aryl methyl sites for hydroxylation is 1. The highest BCUT2D eigenvalue weighted by Gasteiger charge is 2.19. The summed E-state index contributed by atoms with van der Waals surface area (Å²) in [7, 11) is 0. The monoisotopic (exact) mass is 376 g/mol. The van der Waals surface area contributed by atoms with Gasteiger partial charge in [0.1, 0.15) is 5.82 Å². The van der Waals surface area contributed by atoms with E-state index >= 15 is 0 Å². The quantitative estimate of drug-likeness (QED) is 0.715. The Balaban J connectivity index is 1.60. The summed E-state index contributed by atoms with van der Waals surface area (Å²) in [5.41, 5.74) is 4.42. The van der Waals surface area contributed by atoms with Crippen LogP contribution in [0, 0.1) is 13.8 Å². The highest BCUT2D eigenvalue weighted by Crippen LogP contribution is 2.27. The van der Waals surface area contributed by atoms with Crippen LogP contribution in [0.15, 0.2) is 36.7 Å². The Kier molecular flexibility index (Phi) is 5.06. The third-order valence-electron chi connectivity index (χ3n) is 5.14. The van der Waals surface area contributed by atoms with Crippen LogP contribution in [0.4, 0.5) is 5.95 Å².